The molecule has 27 heavy (non-hydrogen) atoms. The van der Waals surface area contributed by atoms with Crippen LogP contribution in [0.5, 0.6) is 5.75 Å². The Morgan fingerprint density at radius 2 is 1.89 bits per heavy atom. The van der Waals surface area contributed by atoms with Crippen LogP contribution in [0.25, 0.3) is 0 Å². The first-order valence-corrected chi connectivity index (χ1v) is 9.08. The molecule has 2 amide bonds. The van der Waals surface area contributed by atoms with Crippen molar-refractivity contribution in [3.05, 3.63) is 59.1 Å². The van der Waals surface area contributed by atoms with E-state index in [0.29, 0.717) is 41.8 Å². The van der Waals surface area contributed by atoms with Crippen molar-refractivity contribution < 1.29 is 19.1 Å². The van der Waals surface area contributed by atoms with E-state index in [-0.39, 0.29) is 24.5 Å². The summed E-state index contributed by atoms with van der Waals surface area (Å²) in [5.41, 5.74) is 1.19. The smallest absolute Gasteiger partial charge is 0.262 e. The van der Waals surface area contributed by atoms with Gasteiger partial charge in [0.15, 0.2) is 6.61 Å². The summed E-state index contributed by atoms with van der Waals surface area (Å²) >= 11 is 5.81. The lowest BCUT2D eigenvalue weighted by molar-refractivity contribution is -0.118. The average molecular weight is 389 g/mol. The molecule has 0 spiro atoms. The summed E-state index contributed by atoms with van der Waals surface area (Å²) in [7, 11) is 0. The minimum absolute atomic E-state index is 0.0326. The molecule has 1 fully saturated rings. The Bertz CT molecular complexity index is 793. The van der Waals surface area contributed by atoms with Gasteiger partial charge >= 0.3 is 0 Å². The van der Waals surface area contributed by atoms with Crippen molar-refractivity contribution in [1.82, 2.24) is 4.90 Å². The summed E-state index contributed by atoms with van der Waals surface area (Å²) in [5, 5.41) is 3.35. The fraction of sp³-hybridized carbons (Fsp3) is 0.300. The lowest BCUT2D eigenvalue weighted by Gasteiger charge is -2.33. The van der Waals surface area contributed by atoms with Gasteiger partial charge in [0.1, 0.15) is 5.75 Å². The third-order valence-electron chi connectivity index (χ3n) is 4.23. The summed E-state index contributed by atoms with van der Waals surface area (Å²) in [6.07, 6.45) is 0. The molecule has 2 aromatic rings. The number of anilines is 1. The number of hydrogen-bond acceptors (Lipinski definition) is 4. The van der Waals surface area contributed by atoms with Crippen LogP contribution in [-0.4, -0.2) is 49.1 Å². The molecule has 3 rings (SSSR count). The number of nitrogens with one attached hydrogen (secondary N) is 1. The van der Waals surface area contributed by atoms with Crippen LogP contribution < -0.4 is 10.1 Å². The van der Waals surface area contributed by atoms with Crippen molar-refractivity contribution >= 4 is 29.1 Å². The summed E-state index contributed by atoms with van der Waals surface area (Å²) < 4.78 is 10.8. The van der Waals surface area contributed by atoms with Gasteiger partial charge in [-0.2, -0.15) is 0 Å². The number of halogens is 1. The quantitative estimate of drug-likeness (QED) is 0.854. The molecule has 0 bridgehead atoms. The zero-order chi connectivity index (χ0) is 19.2. The Morgan fingerprint density at radius 1 is 1.19 bits per heavy atom. The third-order valence-corrected chi connectivity index (χ3v) is 4.48. The Kier molecular flexibility index (Phi) is 6.32. The maximum atomic E-state index is 12.6. The topological polar surface area (TPSA) is 67.9 Å². The van der Waals surface area contributed by atoms with Crippen LogP contribution in [0.1, 0.15) is 17.3 Å². The summed E-state index contributed by atoms with van der Waals surface area (Å²) in [6.45, 7) is 3.53. The van der Waals surface area contributed by atoms with Crippen molar-refractivity contribution in [2.45, 2.75) is 13.0 Å². The summed E-state index contributed by atoms with van der Waals surface area (Å²) in [4.78, 5) is 26.4. The zero-order valence-corrected chi connectivity index (χ0v) is 15.7. The fourth-order valence-corrected chi connectivity index (χ4v) is 2.89. The standard InChI is InChI=1S/C20H21ClN2O4/c1-14-12-26-11-10-23(14)20(25)15-2-6-17(7-3-15)22-19(24)13-27-18-8-4-16(21)5-9-18/h2-9,14H,10-13H2,1H3,(H,22,24). The largest absolute Gasteiger partial charge is 0.484 e. The van der Waals surface area contributed by atoms with Crippen LogP contribution in [-0.2, 0) is 9.53 Å². The predicted octanol–water partition coefficient (Wildman–Crippen LogP) is 3.22. The number of nitrogens with zero attached hydrogens (tertiary/aromatic N) is 1. The number of ether oxygens (including phenoxy) is 2. The van der Waals surface area contributed by atoms with Crippen molar-refractivity contribution in [2.75, 3.05) is 31.7 Å². The van der Waals surface area contributed by atoms with Gasteiger partial charge in [0.25, 0.3) is 11.8 Å². The minimum Gasteiger partial charge on any atom is -0.484 e. The maximum Gasteiger partial charge on any atom is 0.262 e. The molecule has 6 nitrogen and oxygen atoms in total. The molecule has 1 heterocycles. The van der Waals surface area contributed by atoms with Gasteiger partial charge in [-0.15, -0.1) is 0 Å². The first kappa shape index (κ1) is 19.2. The molecule has 0 saturated carbocycles. The second kappa shape index (κ2) is 8.88. The molecular weight excluding hydrogens is 368 g/mol. The van der Waals surface area contributed by atoms with Crippen LogP contribution in [0.15, 0.2) is 48.5 Å². The summed E-state index contributed by atoms with van der Waals surface area (Å²) in [6, 6.07) is 13.7. The highest BCUT2D eigenvalue weighted by Gasteiger charge is 2.24. The highest BCUT2D eigenvalue weighted by atomic mass is 35.5. The van der Waals surface area contributed by atoms with Gasteiger partial charge in [-0.25, -0.2) is 0 Å². The van der Waals surface area contributed by atoms with E-state index in [4.69, 9.17) is 21.1 Å². The number of hydrogen-bond donors (Lipinski definition) is 1. The minimum atomic E-state index is -0.286. The number of morpholine rings is 1. The van der Waals surface area contributed by atoms with E-state index in [0.717, 1.165) is 0 Å². The second-order valence-corrected chi connectivity index (χ2v) is 6.73. The van der Waals surface area contributed by atoms with Gasteiger partial charge in [0, 0.05) is 22.8 Å². The zero-order valence-electron chi connectivity index (χ0n) is 15.0. The SMILES string of the molecule is CC1COCCN1C(=O)c1ccc(NC(=O)COc2ccc(Cl)cc2)cc1. The number of amides is 2. The van der Waals surface area contributed by atoms with Crippen molar-refractivity contribution in [1.29, 1.82) is 0 Å². The Labute approximate surface area is 163 Å². The molecule has 0 aliphatic carbocycles. The highest BCUT2D eigenvalue weighted by Crippen LogP contribution is 2.17. The van der Waals surface area contributed by atoms with E-state index in [1.54, 1.807) is 53.4 Å². The normalized spacial score (nSPS) is 16.7. The van der Waals surface area contributed by atoms with E-state index in [1.165, 1.54) is 0 Å². The Hall–Kier alpha value is -2.57. The number of carbonyl (C=O) groups is 2. The molecule has 7 heteroatoms. The molecule has 1 atom stereocenters. The van der Waals surface area contributed by atoms with Crippen LogP contribution in [0.4, 0.5) is 5.69 Å². The fourth-order valence-electron chi connectivity index (χ4n) is 2.77. The summed E-state index contributed by atoms with van der Waals surface area (Å²) in [5.74, 6) is 0.246. The maximum absolute atomic E-state index is 12.6. The first-order valence-electron chi connectivity index (χ1n) is 8.70. The van der Waals surface area contributed by atoms with Gasteiger partial charge < -0.3 is 19.7 Å². The molecule has 1 N–H and O–H groups in total. The molecule has 0 radical (unpaired) electrons. The third kappa shape index (κ3) is 5.21. The number of carbonyl (C=O) groups excluding carboxylic acids is 2. The number of rotatable bonds is 5. The van der Waals surface area contributed by atoms with Crippen molar-refractivity contribution in [3.63, 3.8) is 0 Å². The van der Waals surface area contributed by atoms with Gasteiger partial charge in [0.2, 0.25) is 0 Å². The lowest BCUT2D eigenvalue weighted by Crippen LogP contribution is -2.47. The van der Waals surface area contributed by atoms with E-state index in [1.807, 2.05) is 6.92 Å². The highest BCUT2D eigenvalue weighted by molar-refractivity contribution is 6.30. The monoisotopic (exact) mass is 388 g/mol. The molecule has 0 aromatic heterocycles. The molecular formula is C20H21ClN2O4. The van der Waals surface area contributed by atoms with Gasteiger partial charge in [-0.05, 0) is 55.5 Å². The predicted molar refractivity (Wildman–Crippen MR) is 103 cm³/mol. The molecule has 1 saturated heterocycles. The van der Waals surface area contributed by atoms with Crippen LogP contribution >= 0.6 is 11.6 Å². The second-order valence-electron chi connectivity index (χ2n) is 6.29. The van der Waals surface area contributed by atoms with Gasteiger partial charge in [-0.3, -0.25) is 9.59 Å². The van der Waals surface area contributed by atoms with E-state index in [2.05, 4.69) is 5.32 Å². The van der Waals surface area contributed by atoms with Crippen molar-refractivity contribution in [3.8, 4) is 5.75 Å². The molecule has 142 valence electrons. The van der Waals surface area contributed by atoms with Gasteiger partial charge in [0.05, 0.1) is 19.3 Å². The van der Waals surface area contributed by atoms with E-state index in [9.17, 15) is 9.59 Å². The molecule has 1 aliphatic heterocycles. The molecule has 1 unspecified atom stereocenters. The van der Waals surface area contributed by atoms with E-state index < -0.39 is 0 Å². The average Bonchev–Trinajstić information content (AvgIpc) is 2.68. The van der Waals surface area contributed by atoms with Crippen LogP contribution in [0, 0.1) is 0 Å². The Morgan fingerprint density at radius 3 is 2.56 bits per heavy atom. The lowest BCUT2D eigenvalue weighted by atomic mass is 10.1. The van der Waals surface area contributed by atoms with Crippen molar-refractivity contribution in [2.24, 2.45) is 0 Å². The number of benzene rings is 2. The first-order chi connectivity index (χ1) is 13.0. The van der Waals surface area contributed by atoms with Crippen LogP contribution in [0.3, 0.4) is 0 Å². The van der Waals surface area contributed by atoms with Gasteiger partial charge in [-0.1, -0.05) is 11.6 Å². The Balaban J connectivity index is 1.53. The van der Waals surface area contributed by atoms with Crippen LogP contribution in [0.2, 0.25) is 5.02 Å². The van der Waals surface area contributed by atoms with E-state index >= 15 is 0 Å². The molecule has 2 aromatic carbocycles. The molecule has 1 aliphatic rings.